The minimum atomic E-state index is -0.293. The van der Waals surface area contributed by atoms with Gasteiger partial charge in [-0.05, 0) is 52.1 Å². The number of carbonyl (C=O) groups excluding carboxylic acids is 1. The number of carbonyl (C=O) groups is 1. The topological polar surface area (TPSA) is 49.6 Å². The van der Waals surface area contributed by atoms with Crippen LogP contribution < -0.4 is 5.73 Å². The molecule has 3 aliphatic rings. The molecule has 21 heavy (non-hydrogen) atoms. The second-order valence-electron chi connectivity index (χ2n) is 7.63. The van der Waals surface area contributed by atoms with Gasteiger partial charge in [-0.15, -0.1) is 0 Å². The van der Waals surface area contributed by atoms with Crippen LogP contribution in [0.15, 0.2) is 0 Å². The molecule has 4 nitrogen and oxygen atoms in total. The molecule has 3 rings (SSSR count). The summed E-state index contributed by atoms with van der Waals surface area (Å²) < 4.78 is 0. The van der Waals surface area contributed by atoms with Crippen LogP contribution in [0.1, 0.15) is 58.3 Å². The smallest absolute Gasteiger partial charge is 0.227 e. The van der Waals surface area contributed by atoms with Crippen molar-refractivity contribution in [1.82, 2.24) is 9.80 Å². The van der Waals surface area contributed by atoms with Crippen LogP contribution in [0.5, 0.6) is 0 Å². The van der Waals surface area contributed by atoms with Gasteiger partial charge in [0.15, 0.2) is 0 Å². The first-order chi connectivity index (χ1) is 10.1. The molecule has 2 N–H and O–H groups in total. The predicted octanol–water partition coefficient (Wildman–Crippen LogP) is 1.98. The van der Waals surface area contributed by atoms with E-state index in [4.69, 9.17) is 5.73 Å². The lowest BCUT2D eigenvalue weighted by Crippen LogP contribution is -2.53. The highest BCUT2D eigenvalue weighted by Crippen LogP contribution is 2.34. The molecule has 2 aliphatic heterocycles. The Morgan fingerprint density at radius 3 is 2.52 bits per heavy atom. The zero-order valence-corrected chi connectivity index (χ0v) is 13.5. The highest BCUT2D eigenvalue weighted by Gasteiger charge is 2.42. The van der Waals surface area contributed by atoms with Crippen molar-refractivity contribution in [2.75, 3.05) is 26.2 Å². The molecule has 0 aromatic heterocycles. The van der Waals surface area contributed by atoms with E-state index < -0.39 is 0 Å². The number of likely N-dealkylation sites (tertiary alicyclic amines) is 2. The normalized spacial score (nSPS) is 38.7. The fourth-order valence-corrected chi connectivity index (χ4v) is 4.51. The van der Waals surface area contributed by atoms with Gasteiger partial charge in [-0.25, -0.2) is 0 Å². The van der Waals surface area contributed by atoms with Gasteiger partial charge < -0.3 is 10.6 Å². The summed E-state index contributed by atoms with van der Waals surface area (Å²) in [7, 11) is 0. The number of hydrogen-bond donors (Lipinski definition) is 1. The molecule has 3 atom stereocenters. The van der Waals surface area contributed by atoms with E-state index in [0.717, 1.165) is 38.8 Å². The first-order valence-electron chi connectivity index (χ1n) is 8.90. The van der Waals surface area contributed by atoms with Gasteiger partial charge in [0.05, 0.1) is 5.92 Å². The third-order valence-corrected chi connectivity index (χ3v) is 5.93. The number of hydrogen-bond acceptors (Lipinski definition) is 3. The number of amides is 1. The molecule has 1 amide bonds. The van der Waals surface area contributed by atoms with E-state index in [0.29, 0.717) is 11.9 Å². The second-order valence-corrected chi connectivity index (χ2v) is 7.63. The molecule has 4 heteroatoms. The van der Waals surface area contributed by atoms with Crippen molar-refractivity contribution in [3.63, 3.8) is 0 Å². The van der Waals surface area contributed by atoms with Gasteiger partial charge in [0.1, 0.15) is 0 Å². The van der Waals surface area contributed by atoms with E-state index in [1.54, 1.807) is 0 Å². The fourth-order valence-electron chi connectivity index (χ4n) is 4.51. The Balaban J connectivity index is 1.58. The number of piperidine rings is 1. The van der Waals surface area contributed by atoms with Crippen molar-refractivity contribution in [1.29, 1.82) is 0 Å². The van der Waals surface area contributed by atoms with Gasteiger partial charge in [-0.3, -0.25) is 9.69 Å². The van der Waals surface area contributed by atoms with Gasteiger partial charge in [-0.2, -0.15) is 0 Å². The Bertz CT molecular complexity index is 376. The summed E-state index contributed by atoms with van der Waals surface area (Å²) >= 11 is 0. The maximum Gasteiger partial charge on any atom is 0.227 e. The largest absolute Gasteiger partial charge is 0.341 e. The quantitative estimate of drug-likeness (QED) is 0.847. The van der Waals surface area contributed by atoms with Gasteiger partial charge >= 0.3 is 0 Å². The van der Waals surface area contributed by atoms with Crippen molar-refractivity contribution >= 4 is 5.91 Å². The summed E-state index contributed by atoms with van der Waals surface area (Å²) in [6, 6.07) is 0.599. The summed E-state index contributed by atoms with van der Waals surface area (Å²) in [5, 5.41) is 0. The van der Waals surface area contributed by atoms with E-state index in [9.17, 15) is 4.79 Å². The van der Waals surface area contributed by atoms with Crippen molar-refractivity contribution in [3.05, 3.63) is 0 Å². The third kappa shape index (κ3) is 3.26. The summed E-state index contributed by atoms with van der Waals surface area (Å²) in [6.45, 7) is 6.40. The van der Waals surface area contributed by atoms with Crippen LogP contribution in [0.3, 0.4) is 0 Å². The Morgan fingerprint density at radius 2 is 1.81 bits per heavy atom. The van der Waals surface area contributed by atoms with Crippen LogP contribution >= 0.6 is 0 Å². The molecular weight excluding hydrogens is 262 g/mol. The Labute approximate surface area is 129 Å². The molecule has 1 saturated carbocycles. The molecule has 0 radical (unpaired) electrons. The SMILES string of the molecule is CC1(N)CCCCC1C(=O)N1CCC(N2CCCCC2)C1. The lowest BCUT2D eigenvalue weighted by molar-refractivity contribution is -0.138. The fraction of sp³-hybridized carbons (Fsp3) is 0.941. The highest BCUT2D eigenvalue weighted by molar-refractivity contribution is 5.80. The second kappa shape index (κ2) is 6.25. The molecule has 0 aromatic carbocycles. The van der Waals surface area contributed by atoms with Gasteiger partial charge in [-0.1, -0.05) is 19.3 Å². The lowest BCUT2D eigenvalue weighted by Gasteiger charge is -2.39. The maximum absolute atomic E-state index is 12.9. The maximum atomic E-state index is 12.9. The highest BCUT2D eigenvalue weighted by atomic mass is 16.2. The average Bonchev–Trinajstić information content (AvgIpc) is 2.97. The molecule has 2 heterocycles. The van der Waals surface area contributed by atoms with Crippen LogP contribution in [-0.2, 0) is 4.79 Å². The monoisotopic (exact) mass is 293 g/mol. The van der Waals surface area contributed by atoms with Crippen molar-refractivity contribution in [3.8, 4) is 0 Å². The van der Waals surface area contributed by atoms with Crippen LogP contribution in [0.25, 0.3) is 0 Å². The Kier molecular flexibility index (Phi) is 4.55. The Morgan fingerprint density at radius 1 is 1.05 bits per heavy atom. The molecule has 0 aromatic rings. The lowest BCUT2D eigenvalue weighted by atomic mass is 9.74. The van der Waals surface area contributed by atoms with Crippen LogP contribution in [0.2, 0.25) is 0 Å². The number of rotatable bonds is 2. The summed E-state index contributed by atoms with van der Waals surface area (Å²) in [5.41, 5.74) is 6.12. The van der Waals surface area contributed by atoms with E-state index in [1.165, 1.54) is 38.8 Å². The minimum absolute atomic E-state index is 0.0476. The van der Waals surface area contributed by atoms with Gasteiger partial charge in [0.2, 0.25) is 5.91 Å². The van der Waals surface area contributed by atoms with Crippen LogP contribution in [0, 0.1) is 5.92 Å². The zero-order valence-electron chi connectivity index (χ0n) is 13.5. The van der Waals surface area contributed by atoms with E-state index in [-0.39, 0.29) is 11.5 Å². The summed E-state index contributed by atoms with van der Waals surface area (Å²) in [5.74, 6) is 0.380. The summed E-state index contributed by atoms with van der Waals surface area (Å²) in [4.78, 5) is 17.6. The predicted molar refractivity (Wildman–Crippen MR) is 85.0 cm³/mol. The number of nitrogens with two attached hydrogens (primary N) is 1. The molecule has 3 unspecified atom stereocenters. The Hall–Kier alpha value is -0.610. The standard InChI is InChI=1S/C17H31N3O/c1-17(18)9-4-3-7-15(17)16(21)20-12-8-14(13-20)19-10-5-2-6-11-19/h14-15H,2-13,18H2,1H3. The van der Waals surface area contributed by atoms with E-state index in [2.05, 4.69) is 16.7 Å². The third-order valence-electron chi connectivity index (χ3n) is 5.93. The molecule has 0 bridgehead atoms. The molecule has 0 spiro atoms. The molecular formula is C17H31N3O. The molecule has 1 aliphatic carbocycles. The van der Waals surface area contributed by atoms with Crippen molar-refractivity contribution < 1.29 is 4.79 Å². The molecule has 3 fully saturated rings. The first kappa shape index (κ1) is 15.3. The van der Waals surface area contributed by atoms with Crippen LogP contribution in [0.4, 0.5) is 0 Å². The minimum Gasteiger partial charge on any atom is -0.341 e. The molecule has 2 saturated heterocycles. The van der Waals surface area contributed by atoms with E-state index in [1.807, 2.05) is 0 Å². The van der Waals surface area contributed by atoms with Gasteiger partial charge in [0, 0.05) is 24.7 Å². The average molecular weight is 293 g/mol. The molecule has 120 valence electrons. The van der Waals surface area contributed by atoms with Crippen molar-refractivity contribution in [2.45, 2.75) is 69.9 Å². The first-order valence-corrected chi connectivity index (χ1v) is 8.90. The van der Waals surface area contributed by atoms with Gasteiger partial charge in [0.25, 0.3) is 0 Å². The summed E-state index contributed by atoms with van der Waals surface area (Å²) in [6.07, 6.45) is 9.49. The van der Waals surface area contributed by atoms with Crippen LogP contribution in [-0.4, -0.2) is 53.5 Å². The number of nitrogens with zero attached hydrogens (tertiary/aromatic N) is 2. The van der Waals surface area contributed by atoms with E-state index >= 15 is 0 Å². The zero-order chi connectivity index (χ0) is 14.9. The van der Waals surface area contributed by atoms with Crippen molar-refractivity contribution in [2.24, 2.45) is 11.7 Å².